The highest BCUT2D eigenvalue weighted by atomic mass is 35.5. The van der Waals surface area contributed by atoms with Crippen molar-refractivity contribution in [3.05, 3.63) is 18.2 Å². The van der Waals surface area contributed by atoms with Gasteiger partial charge in [0.25, 0.3) is 0 Å². The molecule has 1 aromatic rings. The first-order chi connectivity index (χ1) is 6.26. The molecule has 0 atom stereocenters. The third-order valence-electron chi connectivity index (χ3n) is 1.52. The largest absolute Gasteiger partial charge is 0.494 e. The summed E-state index contributed by atoms with van der Waals surface area (Å²) < 4.78 is 10.6. The summed E-state index contributed by atoms with van der Waals surface area (Å²) in [7, 11) is 0. The van der Waals surface area contributed by atoms with Gasteiger partial charge in [-0.05, 0) is 13.8 Å². The van der Waals surface area contributed by atoms with E-state index in [1.165, 1.54) is 0 Å². The Morgan fingerprint density at radius 2 is 1.43 bits per heavy atom. The lowest BCUT2D eigenvalue weighted by Crippen LogP contribution is -1.96. The molecule has 0 fully saturated rings. The zero-order valence-corrected chi connectivity index (χ0v) is 9.26. The fraction of sp³-hybridized carbons (Fsp3) is 0.400. The van der Waals surface area contributed by atoms with Gasteiger partial charge in [-0.2, -0.15) is 0 Å². The van der Waals surface area contributed by atoms with Crippen molar-refractivity contribution in [3.8, 4) is 11.5 Å². The van der Waals surface area contributed by atoms with Crippen LogP contribution in [0.4, 0.5) is 5.69 Å². The Balaban J connectivity index is 0.00000169. The molecule has 0 aromatic heterocycles. The van der Waals surface area contributed by atoms with Gasteiger partial charge in [0, 0.05) is 23.9 Å². The first kappa shape index (κ1) is 12.9. The summed E-state index contributed by atoms with van der Waals surface area (Å²) in [5.41, 5.74) is 6.32. The molecule has 0 heterocycles. The zero-order valence-electron chi connectivity index (χ0n) is 8.45. The lowest BCUT2D eigenvalue weighted by atomic mass is 10.3. The molecule has 14 heavy (non-hydrogen) atoms. The Bertz CT molecular complexity index is 255. The second kappa shape index (κ2) is 6.38. The molecule has 0 aliphatic carbocycles. The van der Waals surface area contributed by atoms with Gasteiger partial charge < -0.3 is 15.2 Å². The quantitative estimate of drug-likeness (QED) is 0.789. The first-order valence-corrected chi connectivity index (χ1v) is 4.42. The molecule has 0 saturated carbocycles. The molecule has 1 rings (SSSR count). The number of nitrogens with two attached hydrogens (primary N) is 1. The minimum atomic E-state index is 0. The van der Waals surface area contributed by atoms with Gasteiger partial charge in [0.15, 0.2) is 0 Å². The van der Waals surface area contributed by atoms with Gasteiger partial charge in [-0.3, -0.25) is 0 Å². The average Bonchev–Trinajstić information content (AvgIpc) is 2.04. The highest BCUT2D eigenvalue weighted by Gasteiger charge is 1.99. The van der Waals surface area contributed by atoms with Crippen molar-refractivity contribution in [2.24, 2.45) is 0 Å². The van der Waals surface area contributed by atoms with Crippen LogP contribution >= 0.6 is 12.4 Å². The number of benzene rings is 1. The van der Waals surface area contributed by atoms with Crippen LogP contribution in [0, 0.1) is 0 Å². The van der Waals surface area contributed by atoms with E-state index in [2.05, 4.69) is 0 Å². The molecular formula is C10H16ClNO2. The van der Waals surface area contributed by atoms with E-state index < -0.39 is 0 Å². The van der Waals surface area contributed by atoms with Crippen molar-refractivity contribution in [3.63, 3.8) is 0 Å². The lowest BCUT2D eigenvalue weighted by Gasteiger charge is -2.08. The van der Waals surface area contributed by atoms with Crippen LogP contribution in [0.15, 0.2) is 18.2 Å². The maximum absolute atomic E-state index is 5.66. The average molecular weight is 218 g/mol. The monoisotopic (exact) mass is 217 g/mol. The molecule has 0 aliphatic heterocycles. The lowest BCUT2D eigenvalue weighted by molar-refractivity contribution is 0.323. The van der Waals surface area contributed by atoms with Crippen LogP contribution < -0.4 is 15.2 Å². The molecule has 0 aliphatic rings. The normalized spacial score (nSPS) is 9.00. The van der Waals surface area contributed by atoms with Crippen LogP contribution in [0.25, 0.3) is 0 Å². The Labute approximate surface area is 90.6 Å². The minimum Gasteiger partial charge on any atom is -0.494 e. The summed E-state index contributed by atoms with van der Waals surface area (Å²) in [4.78, 5) is 0. The smallest absolute Gasteiger partial charge is 0.125 e. The Morgan fingerprint density at radius 1 is 1.00 bits per heavy atom. The maximum Gasteiger partial charge on any atom is 0.125 e. The predicted molar refractivity (Wildman–Crippen MR) is 60.4 cm³/mol. The van der Waals surface area contributed by atoms with E-state index >= 15 is 0 Å². The molecule has 0 bridgehead atoms. The molecule has 0 amide bonds. The van der Waals surface area contributed by atoms with E-state index in [1.807, 2.05) is 19.9 Å². The van der Waals surface area contributed by atoms with Gasteiger partial charge in [-0.15, -0.1) is 12.4 Å². The standard InChI is InChI=1S/C10H15NO2.ClH/c1-3-12-9-5-8(11)6-10(7-9)13-4-2;/h5-7H,3-4,11H2,1-2H3;1H. The van der Waals surface area contributed by atoms with Crippen molar-refractivity contribution in [1.82, 2.24) is 0 Å². The van der Waals surface area contributed by atoms with Gasteiger partial charge in [0.2, 0.25) is 0 Å². The van der Waals surface area contributed by atoms with Crippen LogP contribution in [0.2, 0.25) is 0 Å². The van der Waals surface area contributed by atoms with Crippen LogP contribution in [-0.2, 0) is 0 Å². The topological polar surface area (TPSA) is 44.5 Å². The summed E-state index contributed by atoms with van der Waals surface area (Å²) >= 11 is 0. The van der Waals surface area contributed by atoms with Crippen LogP contribution in [0.5, 0.6) is 11.5 Å². The van der Waals surface area contributed by atoms with Crippen molar-refractivity contribution in [2.75, 3.05) is 18.9 Å². The van der Waals surface area contributed by atoms with E-state index in [0.29, 0.717) is 18.9 Å². The first-order valence-electron chi connectivity index (χ1n) is 4.42. The van der Waals surface area contributed by atoms with E-state index in [4.69, 9.17) is 15.2 Å². The second-order valence-corrected chi connectivity index (χ2v) is 2.60. The number of ether oxygens (including phenoxy) is 2. The molecule has 4 heteroatoms. The van der Waals surface area contributed by atoms with Crippen molar-refractivity contribution < 1.29 is 9.47 Å². The van der Waals surface area contributed by atoms with Crippen molar-refractivity contribution >= 4 is 18.1 Å². The SMILES string of the molecule is CCOc1cc(N)cc(OCC)c1.Cl. The van der Waals surface area contributed by atoms with Gasteiger partial charge >= 0.3 is 0 Å². The van der Waals surface area contributed by atoms with Crippen LogP contribution in [-0.4, -0.2) is 13.2 Å². The number of rotatable bonds is 4. The molecule has 2 N–H and O–H groups in total. The van der Waals surface area contributed by atoms with Crippen molar-refractivity contribution in [2.45, 2.75) is 13.8 Å². The number of anilines is 1. The molecule has 0 spiro atoms. The third-order valence-corrected chi connectivity index (χ3v) is 1.52. The number of hydrogen-bond donors (Lipinski definition) is 1. The van der Waals surface area contributed by atoms with E-state index in [9.17, 15) is 0 Å². The molecule has 1 aromatic carbocycles. The molecule has 0 saturated heterocycles. The summed E-state index contributed by atoms with van der Waals surface area (Å²) in [6, 6.07) is 5.40. The summed E-state index contributed by atoms with van der Waals surface area (Å²) in [6.45, 7) is 5.14. The molecular weight excluding hydrogens is 202 g/mol. The van der Waals surface area contributed by atoms with Gasteiger partial charge in [0.1, 0.15) is 11.5 Å². The highest BCUT2D eigenvalue weighted by molar-refractivity contribution is 5.85. The summed E-state index contributed by atoms with van der Waals surface area (Å²) in [5, 5.41) is 0. The molecule has 80 valence electrons. The van der Waals surface area contributed by atoms with Gasteiger partial charge in [-0.25, -0.2) is 0 Å². The summed E-state index contributed by atoms with van der Waals surface area (Å²) in [6.07, 6.45) is 0. The number of hydrogen-bond acceptors (Lipinski definition) is 3. The number of halogens is 1. The number of nitrogen functional groups attached to an aromatic ring is 1. The van der Waals surface area contributed by atoms with Crippen LogP contribution in [0.3, 0.4) is 0 Å². The molecule has 0 radical (unpaired) electrons. The second-order valence-electron chi connectivity index (χ2n) is 2.60. The fourth-order valence-electron chi connectivity index (χ4n) is 1.09. The van der Waals surface area contributed by atoms with E-state index in [1.54, 1.807) is 12.1 Å². The minimum absolute atomic E-state index is 0. The van der Waals surface area contributed by atoms with E-state index in [0.717, 1.165) is 11.5 Å². The van der Waals surface area contributed by atoms with Gasteiger partial charge in [0.05, 0.1) is 13.2 Å². The third kappa shape index (κ3) is 3.75. The van der Waals surface area contributed by atoms with Gasteiger partial charge in [-0.1, -0.05) is 0 Å². The maximum atomic E-state index is 5.66. The molecule has 3 nitrogen and oxygen atoms in total. The Morgan fingerprint density at radius 3 is 1.79 bits per heavy atom. The zero-order chi connectivity index (χ0) is 9.68. The van der Waals surface area contributed by atoms with E-state index in [-0.39, 0.29) is 12.4 Å². The Hall–Kier alpha value is -1.09. The molecule has 0 unspecified atom stereocenters. The highest BCUT2D eigenvalue weighted by Crippen LogP contribution is 2.24. The Kier molecular flexibility index (Phi) is 5.88. The van der Waals surface area contributed by atoms with Crippen molar-refractivity contribution in [1.29, 1.82) is 0 Å². The predicted octanol–water partition coefficient (Wildman–Crippen LogP) is 2.49. The summed E-state index contributed by atoms with van der Waals surface area (Å²) in [5.74, 6) is 1.51. The van der Waals surface area contributed by atoms with Crippen LogP contribution in [0.1, 0.15) is 13.8 Å². The fourth-order valence-corrected chi connectivity index (χ4v) is 1.09.